The monoisotopic (exact) mass is 675 g/mol. The zero-order valence-electron chi connectivity index (χ0n) is 29.5. The maximum absolute atomic E-state index is 14.1. The second kappa shape index (κ2) is 14.1. The summed E-state index contributed by atoms with van der Waals surface area (Å²) in [4.78, 5) is 33.5. The third-order valence-corrected chi connectivity index (χ3v) is 8.77. The largest absolute Gasteiger partial charge is 0.496 e. The summed E-state index contributed by atoms with van der Waals surface area (Å²) < 4.78 is 13.3. The number of carbonyl (C=O) groups is 2. The molecule has 3 aromatic heterocycles. The van der Waals surface area contributed by atoms with E-state index in [1.165, 1.54) is 10.9 Å². The normalized spacial score (nSPS) is 12.6. The van der Waals surface area contributed by atoms with Crippen molar-refractivity contribution >= 4 is 33.8 Å². The molecular weight excluding hydrogens is 630 g/mol. The van der Waals surface area contributed by atoms with Gasteiger partial charge in [0.15, 0.2) is 5.82 Å². The number of H-pyrrole nitrogens is 2. The van der Waals surface area contributed by atoms with Gasteiger partial charge in [0, 0.05) is 52.6 Å². The Morgan fingerprint density at radius 3 is 2.10 bits per heavy atom. The molecule has 0 aliphatic carbocycles. The Labute approximate surface area is 291 Å². The number of alkyl carbamates (subject to hydrolysis) is 1. The molecule has 0 unspecified atom stereocenters. The van der Waals surface area contributed by atoms with Crippen LogP contribution in [0.15, 0.2) is 85.2 Å². The van der Waals surface area contributed by atoms with Crippen LogP contribution >= 0.6 is 0 Å². The second-order valence-electron chi connectivity index (χ2n) is 14.1. The minimum absolute atomic E-state index is 0.389. The van der Waals surface area contributed by atoms with Crippen LogP contribution in [0.5, 0.6) is 5.75 Å². The number of aromatic amines is 2. The number of aromatic nitrogens is 5. The first kappa shape index (κ1) is 34.3. The zero-order valence-corrected chi connectivity index (χ0v) is 29.5. The number of amides is 2. The first-order valence-electron chi connectivity index (χ1n) is 16.9. The molecular formula is C39H45N7O4. The standard InChI is InChI=1S/C39H45N7O4/c1-38(2,3)50-37(48)43-39(4,5)36(47)42-32(21-27-23-41-31-17-11-9-15-29(27)31)35-45-44-34(46(35)24-26-13-7-12-18-33(26)49-6)20-19-25-22-40-30-16-10-8-14-28(25)30/h7-18,22-23,32,40-41H,19-21,24H2,1-6H3,(H,42,47)(H,43,48)/t32-/m1/s1. The summed E-state index contributed by atoms with van der Waals surface area (Å²) in [5.74, 6) is 1.73. The molecule has 6 aromatic rings. The van der Waals surface area contributed by atoms with E-state index in [1.54, 1.807) is 41.7 Å². The average molecular weight is 676 g/mol. The van der Waals surface area contributed by atoms with Crippen LogP contribution in [0.1, 0.15) is 69.0 Å². The van der Waals surface area contributed by atoms with Gasteiger partial charge in [0.05, 0.1) is 19.7 Å². The van der Waals surface area contributed by atoms with E-state index in [0.29, 0.717) is 25.2 Å². The molecule has 260 valence electrons. The van der Waals surface area contributed by atoms with Gasteiger partial charge >= 0.3 is 6.09 Å². The highest BCUT2D eigenvalue weighted by molar-refractivity contribution is 5.89. The van der Waals surface area contributed by atoms with E-state index in [4.69, 9.17) is 19.7 Å². The van der Waals surface area contributed by atoms with E-state index in [9.17, 15) is 9.59 Å². The van der Waals surface area contributed by atoms with Gasteiger partial charge in [0.2, 0.25) is 5.91 Å². The number of aryl methyl sites for hydroxylation is 2. The lowest BCUT2D eigenvalue weighted by Crippen LogP contribution is -2.56. The molecule has 11 nitrogen and oxygen atoms in total. The van der Waals surface area contributed by atoms with E-state index in [2.05, 4.69) is 43.4 Å². The number of carbonyl (C=O) groups excluding carboxylic acids is 2. The van der Waals surface area contributed by atoms with Gasteiger partial charge in [-0.05, 0) is 70.4 Å². The third kappa shape index (κ3) is 7.67. The molecule has 3 aromatic carbocycles. The zero-order chi connectivity index (χ0) is 35.5. The Hall–Kier alpha value is -5.58. The van der Waals surface area contributed by atoms with E-state index in [0.717, 1.165) is 45.5 Å². The number of benzene rings is 3. The van der Waals surface area contributed by atoms with Crippen LogP contribution in [-0.4, -0.2) is 55.0 Å². The van der Waals surface area contributed by atoms with Crippen LogP contribution in [-0.2, 0) is 35.3 Å². The van der Waals surface area contributed by atoms with Crippen LogP contribution in [0, 0.1) is 0 Å². The van der Waals surface area contributed by atoms with Crippen LogP contribution < -0.4 is 15.4 Å². The summed E-state index contributed by atoms with van der Waals surface area (Å²) >= 11 is 0. The molecule has 0 bridgehead atoms. The van der Waals surface area contributed by atoms with Crippen LogP contribution in [0.3, 0.4) is 0 Å². The van der Waals surface area contributed by atoms with E-state index in [1.807, 2.05) is 67.0 Å². The molecule has 0 spiro atoms. The predicted molar refractivity (Wildman–Crippen MR) is 194 cm³/mol. The molecule has 3 heterocycles. The summed E-state index contributed by atoms with van der Waals surface area (Å²) in [5.41, 5.74) is 3.22. The lowest BCUT2D eigenvalue weighted by molar-refractivity contribution is -0.127. The molecule has 0 aliphatic heterocycles. The highest BCUT2D eigenvalue weighted by Gasteiger charge is 2.35. The van der Waals surface area contributed by atoms with Crippen molar-refractivity contribution in [1.29, 1.82) is 0 Å². The van der Waals surface area contributed by atoms with E-state index in [-0.39, 0.29) is 5.91 Å². The molecule has 11 heteroatoms. The summed E-state index contributed by atoms with van der Waals surface area (Å²) in [6.45, 7) is 9.07. The van der Waals surface area contributed by atoms with E-state index < -0.39 is 23.3 Å². The fourth-order valence-electron chi connectivity index (χ4n) is 6.23. The number of nitrogens with one attached hydrogen (secondary N) is 4. The van der Waals surface area contributed by atoms with Crippen molar-refractivity contribution in [1.82, 2.24) is 35.4 Å². The number of nitrogens with zero attached hydrogens (tertiary/aromatic N) is 3. The minimum Gasteiger partial charge on any atom is -0.496 e. The summed E-state index contributed by atoms with van der Waals surface area (Å²) in [6, 6.07) is 23.6. The molecule has 1 atom stereocenters. The van der Waals surface area contributed by atoms with Gasteiger partial charge in [-0.1, -0.05) is 54.6 Å². The quantitative estimate of drug-likeness (QED) is 0.113. The Balaban J connectivity index is 1.38. The highest BCUT2D eigenvalue weighted by atomic mass is 16.6. The van der Waals surface area contributed by atoms with Gasteiger partial charge < -0.3 is 34.6 Å². The van der Waals surface area contributed by atoms with Gasteiger partial charge in [0.25, 0.3) is 0 Å². The van der Waals surface area contributed by atoms with Crippen LogP contribution in [0.25, 0.3) is 21.8 Å². The van der Waals surface area contributed by atoms with Crippen molar-refractivity contribution in [3.8, 4) is 5.75 Å². The van der Waals surface area contributed by atoms with Crippen molar-refractivity contribution in [2.45, 2.75) is 77.6 Å². The second-order valence-corrected chi connectivity index (χ2v) is 14.1. The molecule has 6 rings (SSSR count). The average Bonchev–Trinajstić information content (AvgIpc) is 3.79. The van der Waals surface area contributed by atoms with Gasteiger partial charge in [-0.25, -0.2) is 4.79 Å². The first-order chi connectivity index (χ1) is 23.9. The van der Waals surface area contributed by atoms with Gasteiger partial charge in [0.1, 0.15) is 22.7 Å². The number of hydrogen-bond acceptors (Lipinski definition) is 6. The highest BCUT2D eigenvalue weighted by Crippen LogP contribution is 2.28. The fourth-order valence-corrected chi connectivity index (χ4v) is 6.23. The molecule has 50 heavy (non-hydrogen) atoms. The minimum atomic E-state index is -1.30. The van der Waals surface area contributed by atoms with Crippen LogP contribution in [0.4, 0.5) is 4.79 Å². The lowest BCUT2D eigenvalue weighted by Gasteiger charge is -2.30. The van der Waals surface area contributed by atoms with E-state index >= 15 is 0 Å². The Morgan fingerprint density at radius 1 is 0.800 bits per heavy atom. The maximum atomic E-state index is 14.1. The number of rotatable bonds is 12. The maximum Gasteiger partial charge on any atom is 0.408 e. The van der Waals surface area contributed by atoms with Crippen molar-refractivity contribution in [2.75, 3.05) is 7.11 Å². The number of ether oxygens (including phenoxy) is 2. The third-order valence-electron chi connectivity index (χ3n) is 8.77. The molecule has 0 saturated heterocycles. The van der Waals surface area contributed by atoms with Gasteiger partial charge in [-0.3, -0.25) is 4.79 Å². The van der Waals surface area contributed by atoms with Crippen molar-refractivity contribution in [3.63, 3.8) is 0 Å². The molecule has 0 aliphatic rings. The molecule has 2 amide bonds. The van der Waals surface area contributed by atoms with Gasteiger partial charge in [-0.2, -0.15) is 0 Å². The Morgan fingerprint density at radius 2 is 1.42 bits per heavy atom. The van der Waals surface area contributed by atoms with Crippen molar-refractivity contribution in [3.05, 3.63) is 114 Å². The number of methoxy groups -OCH3 is 1. The molecule has 0 radical (unpaired) electrons. The Bertz CT molecular complexity index is 2120. The summed E-state index contributed by atoms with van der Waals surface area (Å²) in [6.07, 6.45) is 5.11. The number of fused-ring (bicyclic) bond motifs is 2. The first-order valence-corrected chi connectivity index (χ1v) is 16.9. The molecule has 0 saturated carbocycles. The summed E-state index contributed by atoms with van der Waals surface area (Å²) in [5, 5.41) is 17.7. The topological polar surface area (TPSA) is 139 Å². The lowest BCUT2D eigenvalue weighted by atomic mass is 10.0. The number of para-hydroxylation sites is 3. The predicted octanol–water partition coefficient (Wildman–Crippen LogP) is 6.79. The van der Waals surface area contributed by atoms with Gasteiger partial charge in [-0.15, -0.1) is 10.2 Å². The smallest absolute Gasteiger partial charge is 0.408 e. The van der Waals surface area contributed by atoms with Crippen LogP contribution in [0.2, 0.25) is 0 Å². The fraction of sp³-hybridized carbons (Fsp3) is 0.333. The SMILES string of the molecule is COc1ccccc1Cn1c(CCc2c[nH]c3ccccc23)nnc1[C@@H](Cc1c[nH]c2ccccc12)NC(=O)C(C)(C)NC(=O)OC(C)(C)C. The number of hydrogen-bond donors (Lipinski definition) is 4. The summed E-state index contributed by atoms with van der Waals surface area (Å²) in [7, 11) is 1.66. The molecule has 0 fully saturated rings. The van der Waals surface area contributed by atoms with Crippen molar-refractivity contribution < 1.29 is 19.1 Å². The Kier molecular flexibility index (Phi) is 9.67. The van der Waals surface area contributed by atoms with Crippen molar-refractivity contribution in [2.24, 2.45) is 0 Å². The molecule has 4 N–H and O–H groups in total.